The molecule has 0 bridgehead atoms. The first-order valence-electron chi connectivity index (χ1n) is 8.96. The Labute approximate surface area is 159 Å². The van der Waals surface area contributed by atoms with Gasteiger partial charge in [-0.1, -0.05) is 29.3 Å². The molecular weight excluding hydrogens is 359 g/mol. The molecule has 1 aromatic carbocycles. The van der Waals surface area contributed by atoms with Gasteiger partial charge in [-0.05, 0) is 43.9 Å². The van der Waals surface area contributed by atoms with Crippen molar-refractivity contribution in [3.05, 3.63) is 28.2 Å². The average molecular weight is 385 g/mol. The van der Waals surface area contributed by atoms with E-state index in [0.717, 1.165) is 57.2 Å². The summed E-state index contributed by atoms with van der Waals surface area (Å²) in [6.07, 6.45) is 3.42. The van der Waals surface area contributed by atoms with Crippen molar-refractivity contribution in [3.63, 3.8) is 0 Å². The lowest BCUT2D eigenvalue weighted by molar-refractivity contribution is 0.170. The summed E-state index contributed by atoms with van der Waals surface area (Å²) in [6, 6.07) is 6.10. The Hall–Kier alpha value is -1.17. The third kappa shape index (κ3) is 4.72. The van der Waals surface area contributed by atoms with Crippen LogP contribution >= 0.6 is 23.2 Å². The van der Waals surface area contributed by atoms with Crippen molar-refractivity contribution in [1.82, 2.24) is 15.5 Å². The molecule has 3 rings (SSSR count). The quantitative estimate of drug-likeness (QED) is 0.818. The molecule has 138 valence electrons. The first-order valence-corrected chi connectivity index (χ1v) is 9.72. The topological polar surface area (TPSA) is 47.6 Å². The molecular formula is C18H26Cl2N4O. The third-order valence-corrected chi connectivity index (χ3v) is 6.10. The Bertz CT molecular complexity index is 599. The molecule has 0 atom stereocenters. The van der Waals surface area contributed by atoms with Crippen LogP contribution in [0.5, 0.6) is 0 Å². The van der Waals surface area contributed by atoms with Crippen LogP contribution in [-0.4, -0.2) is 56.7 Å². The lowest BCUT2D eigenvalue weighted by atomic mass is 9.78. The Kier molecular flexibility index (Phi) is 6.31. The Balaban J connectivity index is 1.36. The average Bonchev–Trinajstić information content (AvgIpc) is 2.59. The van der Waals surface area contributed by atoms with E-state index in [1.165, 1.54) is 6.42 Å². The van der Waals surface area contributed by atoms with Gasteiger partial charge in [-0.2, -0.15) is 0 Å². The van der Waals surface area contributed by atoms with Gasteiger partial charge >= 0.3 is 6.03 Å². The van der Waals surface area contributed by atoms with Crippen LogP contribution in [0.15, 0.2) is 18.2 Å². The number of nitrogens with one attached hydrogen (secondary N) is 2. The standard InChI is InChI=1S/C18H26Cl2N4O/c1-21-18(25)22-14-11-13(12-14)5-6-23-7-9-24(10-8-23)16-4-2-3-15(19)17(16)20/h2-4,13-14H,5-12H2,1H3,(H2,21,22,25). The summed E-state index contributed by atoms with van der Waals surface area (Å²) in [7, 11) is 1.65. The van der Waals surface area contributed by atoms with Gasteiger partial charge in [0, 0.05) is 39.3 Å². The molecule has 25 heavy (non-hydrogen) atoms. The van der Waals surface area contributed by atoms with E-state index in [1.54, 1.807) is 7.05 Å². The molecule has 2 amide bonds. The van der Waals surface area contributed by atoms with E-state index < -0.39 is 0 Å². The summed E-state index contributed by atoms with van der Waals surface area (Å²) in [5.74, 6) is 0.738. The molecule has 2 aliphatic rings. The van der Waals surface area contributed by atoms with Gasteiger partial charge in [-0.25, -0.2) is 4.79 Å². The van der Waals surface area contributed by atoms with Crippen molar-refractivity contribution in [2.75, 3.05) is 44.7 Å². The Morgan fingerprint density at radius 2 is 1.92 bits per heavy atom. The van der Waals surface area contributed by atoms with Crippen molar-refractivity contribution in [2.45, 2.75) is 25.3 Å². The van der Waals surface area contributed by atoms with Crippen molar-refractivity contribution >= 4 is 34.9 Å². The predicted molar refractivity (Wildman–Crippen MR) is 104 cm³/mol. The number of carbonyl (C=O) groups is 1. The second-order valence-corrected chi connectivity index (χ2v) is 7.73. The van der Waals surface area contributed by atoms with Gasteiger partial charge in [0.25, 0.3) is 0 Å². The highest BCUT2D eigenvalue weighted by Crippen LogP contribution is 2.33. The van der Waals surface area contributed by atoms with Gasteiger partial charge in [-0.15, -0.1) is 0 Å². The fraction of sp³-hybridized carbons (Fsp3) is 0.611. The van der Waals surface area contributed by atoms with Gasteiger partial charge in [-0.3, -0.25) is 4.90 Å². The number of benzene rings is 1. The zero-order valence-corrected chi connectivity index (χ0v) is 16.1. The minimum atomic E-state index is -0.0701. The number of carbonyl (C=O) groups excluding carboxylic acids is 1. The summed E-state index contributed by atoms with van der Waals surface area (Å²) in [5.41, 5.74) is 1.04. The van der Waals surface area contributed by atoms with Gasteiger partial charge in [0.15, 0.2) is 0 Å². The second-order valence-electron chi connectivity index (χ2n) is 6.95. The summed E-state index contributed by atoms with van der Waals surface area (Å²) >= 11 is 12.5. The van der Waals surface area contributed by atoms with Gasteiger partial charge in [0.1, 0.15) is 0 Å². The van der Waals surface area contributed by atoms with E-state index in [0.29, 0.717) is 16.1 Å². The number of hydrogen-bond donors (Lipinski definition) is 2. The van der Waals surface area contributed by atoms with Crippen molar-refractivity contribution in [3.8, 4) is 0 Å². The first kappa shape index (κ1) is 18.6. The van der Waals surface area contributed by atoms with Crippen LogP contribution in [0, 0.1) is 5.92 Å². The molecule has 1 aromatic rings. The van der Waals surface area contributed by atoms with Crippen molar-refractivity contribution < 1.29 is 4.79 Å². The Morgan fingerprint density at radius 1 is 1.20 bits per heavy atom. The fourth-order valence-corrected chi connectivity index (χ4v) is 4.08. The molecule has 2 N–H and O–H groups in total. The summed E-state index contributed by atoms with van der Waals surface area (Å²) in [4.78, 5) is 16.1. The SMILES string of the molecule is CNC(=O)NC1CC(CCN2CCN(c3cccc(Cl)c3Cl)CC2)C1. The smallest absolute Gasteiger partial charge is 0.314 e. The van der Waals surface area contributed by atoms with E-state index in [2.05, 4.69) is 20.4 Å². The molecule has 0 spiro atoms. The van der Waals surface area contributed by atoms with E-state index in [1.807, 2.05) is 18.2 Å². The van der Waals surface area contributed by atoms with Crippen molar-refractivity contribution in [2.24, 2.45) is 5.92 Å². The minimum Gasteiger partial charge on any atom is -0.368 e. The van der Waals surface area contributed by atoms with E-state index in [9.17, 15) is 4.79 Å². The number of urea groups is 1. The summed E-state index contributed by atoms with van der Waals surface area (Å²) in [5, 5.41) is 6.85. The van der Waals surface area contributed by atoms with Crippen LogP contribution in [0.1, 0.15) is 19.3 Å². The van der Waals surface area contributed by atoms with Crippen LogP contribution in [0.3, 0.4) is 0 Å². The zero-order valence-electron chi connectivity index (χ0n) is 14.6. The lowest BCUT2D eigenvalue weighted by Crippen LogP contribution is -2.49. The number of piperazine rings is 1. The molecule has 1 aliphatic heterocycles. The zero-order chi connectivity index (χ0) is 17.8. The van der Waals surface area contributed by atoms with Crippen LogP contribution in [-0.2, 0) is 0 Å². The fourth-order valence-electron chi connectivity index (χ4n) is 3.66. The lowest BCUT2D eigenvalue weighted by Gasteiger charge is -2.39. The number of rotatable bonds is 5. The van der Waals surface area contributed by atoms with E-state index >= 15 is 0 Å². The molecule has 5 nitrogen and oxygen atoms in total. The number of anilines is 1. The molecule has 1 aliphatic carbocycles. The molecule has 1 saturated heterocycles. The summed E-state index contributed by atoms with van der Waals surface area (Å²) in [6.45, 7) is 5.19. The molecule has 0 radical (unpaired) electrons. The molecule has 7 heteroatoms. The Morgan fingerprint density at radius 3 is 2.60 bits per heavy atom. The van der Waals surface area contributed by atoms with Gasteiger partial charge < -0.3 is 15.5 Å². The van der Waals surface area contributed by atoms with Crippen LogP contribution in [0.25, 0.3) is 0 Å². The van der Waals surface area contributed by atoms with E-state index in [-0.39, 0.29) is 6.03 Å². The maximum absolute atomic E-state index is 11.3. The number of halogens is 2. The number of hydrogen-bond acceptors (Lipinski definition) is 3. The molecule has 0 unspecified atom stereocenters. The highest BCUT2D eigenvalue weighted by atomic mass is 35.5. The van der Waals surface area contributed by atoms with Crippen molar-refractivity contribution in [1.29, 1.82) is 0 Å². The number of amides is 2. The van der Waals surface area contributed by atoms with Crippen LogP contribution in [0.4, 0.5) is 10.5 Å². The maximum Gasteiger partial charge on any atom is 0.314 e. The van der Waals surface area contributed by atoms with Gasteiger partial charge in [0.05, 0.1) is 15.7 Å². The number of nitrogens with zero attached hydrogens (tertiary/aromatic N) is 2. The van der Waals surface area contributed by atoms with Gasteiger partial charge in [0.2, 0.25) is 0 Å². The molecule has 1 saturated carbocycles. The molecule has 0 aromatic heterocycles. The van der Waals surface area contributed by atoms with Crippen LogP contribution < -0.4 is 15.5 Å². The van der Waals surface area contributed by atoms with Crippen LogP contribution in [0.2, 0.25) is 10.0 Å². The predicted octanol–water partition coefficient (Wildman–Crippen LogP) is 3.21. The monoisotopic (exact) mass is 384 g/mol. The largest absolute Gasteiger partial charge is 0.368 e. The molecule has 2 fully saturated rings. The highest BCUT2D eigenvalue weighted by molar-refractivity contribution is 6.43. The second kappa shape index (κ2) is 8.47. The minimum absolute atomic E-state index is 0.0701. The maximum atomic E-state index is 11.3. The first-order chi connectivity index (χ1) is 12.1. The normalized spacial score (nSPS) is 23.9. The summed E-state index contributed by atoms with van der Waals surface area (Å²) < 4.78 is 0. The molecule has 1 heterocycles. The third-order valence-electron chi connectivity index (χ3n) is 5.30. The van der Waals surface area contributed by atoms with E-state index in [4.69, 9.17) is 23.2 Å². The highest BCUT2D eigenvalue weighted by Gasteiger charge is 2.30.